The largest absolute Gasteiger partial charge is 0.382 e. The highest BCUT2D eigenvalue weighted by Crippen LogP contribution is 2.35. The molecular weight excluding hydrogens is 92.1 g/mol. The Morgan fingerprint density at radius 3 is 2.14 bits per heavy atom. The van der Waals surface area contributed by atoms with Gasteiger partial charge in [0.2, 0.25) is 0 Å². The van der Waals surface area contributed by atoms with Crippen molar-refractivity contribution >= 4 is 5.78 Å². The van der Waals surface area contributed by atoms with Crippen LogP contribution in [-0.2, 0) is 4.79 Å². The molecule has 2 nitrogen and oxygen atoms in total. The fourth-order valence-corrected chi connectivity index (χ4v) is 0.470. The van der Waals surface area contributed by atoms with Gasteiger partial charge in [-0.15, -0.1) is 0 Å². The third kappa shape index (κ3) is 0.657. The zero-order valence-electron chi connectivity index (χ0n) is 4.27. The Hall–Kier alpha value is -0.370. The molecule has 0 radical (unpaired) electrons. The molecule has 0 saturated heterocycles. The molecule has 0 bridgehead atoms. The van der Waals surface area contributed by atoms with Crippen molar-refractivity contribution in [1.29, 1.82) is 0 Å². The minimum atomic E-state index is -0.889. The third-order valence-electron chi connectivity index (χ3n) is 1.38. The summed E-state index contributed by atoms with van der Waals surface area (Å²) in [5.74, 6) is -0.0903. The summed E-state index contributed by atoms with van der Waals surface area (Å²) in [6, 6.07) is 0. The van der Waals surface area contributed by atoms with Crippen LogP contribution in [0.3, 0.4) is 0 Å². The molecule has 1 rings (SSSR count). The van der Waals surface area contributed by atoms with Crippen molar-refractivity contribution in [2.75, 3.05) is 0 Å². The van der Waals surface area contributed by atoms with Gasteiger partial charge in [-0.2, -0.15) is 0 Å². The minimum Gasteiger partial charge on any atom is -0.382 e. The van der Waals surface area contributed by atoms with Gasteiger partial charge < -0.3 is 5.11 Å². The molecule has 1 fully saturated rings. The molecular formula is C5H8O2. The zero-order chi connectivity index (χ0) is 5.49. The summed E-state index contributed by atoms with van der Waals surface area (Å²) in [5.41, 5.74) is -0.889. The lowest BCUT2D eigenvalue weighted by Gasteiger charge is -1.96. The van der Waals surface area contributed by atoms with Gasteiger partial charge in [0, 0.05) is 0 Å². The predicted molar refractivity (Wildman–Crippen MR) is 24.9 cm³/mol. The maximum absolute atomic E-state index is 10.3. The molecule has 1 N–H and O–H groups in total. The van der Waals surface area contributed by atoms with Crippen LogP contribution in [0, 0.1) is 0 Å². The average molecular weight is 100 g/mol. The van der Waals surface area contributed by atoms with Gasteiger partial charge in [-0.1, -0.05) is 0 Å². The summed E-state index contributed by atoms with van der Waals surface area (Å²) in [7, 11) is 0. The van der Waals surface area contributed by atoms with E-state index in [1.165, 1.54) is 6.92 Å². The molecule has 0 heterocycles. The number of Topliss-reactive ketones (excluding diaryl/α,β-unsaturated/α-hetero) is 1. The standard InChI is InChI=1S/C5H8O2/c1-4(6)5(7)2-3-5/h7H,2-3H2,1H3. The molecule has 0 atom stereocenters. The SMILES string of the molecule is CC(=O)C1(O)CC1. The van der Waals surface area contributed by atoms with Crippen LogP contribution in [-0.4, -0.2) is 16.5 Å². The molecule has 0 aromatic carbocycles. The average Bonchev–Trinajstić information content (AvgIpc) is 2.21. The molecule has 0 aliphatic heterocycles. The Bertz CT molecular complexity index is 103. The van der Waals surface area contributed by atoms with Crippen molar-refractivity contribution in [1.82, 2.24) is 0 Å². The van der Waals surface area contributed by atoms with Gasteiger partial charge in [-0.25, -0.2) is 0 Å². The van der Waals surface area contributed by atoms with E-state index in [2.05, 4.69) is 0 Å². The molecule has 2 heteroatoms. The molecule has 0 amide bonds. The first-order valence-corrected chi connectivity index (χ1v) is 2.38. The Balaban J connectivity index is 2.55. The summed E-state index contributed by atoms with van der Waals surface area (Å²) < 4.78 is 0. The molecule has 1 aliphatic rings. The van der Waals surface area contributed by atoms with Crippen LogP contribution in [0.2, 0.25) is 0 Å². The Morgan fingerprint density at radius 1 is 1.71 bits per heavy atom. The quantitative estimate of drug-likeness (QED) is 0.507. The number of carbonyl (C=O) groups is 1. The van der Waals surface area contributed by atoms with Crippen LogP contribution >= 0.6 is 0 Å². The van der Waals surface area contributed by atoms with E-state index >= 15 is 0 Å². The van der Waals surface area contributed by atoms with Gasteiger partial charge in [0.25, 0.3) is 0 Å². The monoisotopic (exact) mass is 100 g/mol. The summed E-state index contributed by atoms with van der Waals surface area (Å²) in [6.07, 6.45) is 1.34. The predicted octanol–water partition coefficient (Wildman–Crippen LogP) is 0.100. The number of hydrogen-bond donors (Lipinski definition) is 1. The molecule has 0 spiro atoms. The first-order chi connectivity index (χ1) is 3.15. The Labute approximate surface area is 42.1 Å². The van der Waals surface area contributed by atoms with Crippen molar-refractivity contribution in [3.8, 4) is 0 Å². The highest BCUT2D eigenvalue weighted by atomic mass is 16.3. The summed E-state index contributed by atoms with van der Waals surface area (Å²) in [4.78, 5) is 10.3. The van der Waals surface area contributed by atoms with Crippen LogP contribution in [0.15, 0.2) is 0 Å². The van der Waals surface area contributed by atoms with E-state index < -0.39 is 5.60 Å². The van der Waals surface area contributed by atoms with Crippen LogP contribution in [0.4, 0.5) is 0 Å². The second kappa shape index (κ2) is 1.07. The summed E-state index contributed by atoms with van der Waals surface area (Å²) in [5, 5.41) is 8.86. The highest BCUT2D eigenvalue weighted by Gasteiger charge is 2.44. The van der Waals surface area contributed by atoms with Crippen LogP contribution in [0.1, 0.15) is 19.8 Å². The van der Waals surface area contributed by atoms with E-state index in [1.54, 1.807) is 0 Å². The van der Waals surface area contributed by atoms with E-state index in [4.69, 9.17) is 5.11 Å². The summed E-state index contributed by atoms with van der Waals surface area (Å²) in [6.45, 7) is 1.42. The van der Waals surface area contributed by atoms with Crippen molar-refractivity contribution in [3.63, 3.8) is 0 Å². The van der Waals surface area contributed by atoms with Gasteiger partial charge >= 0.3 is 0 Å². The normalized spacial score (nSPS) is 24.3. The van der Waals surface area contributed by atoms with Gasteiger partial charge in [-0.05, 0) is 19.8 Å². The van der Waals surface area contributed by atoms with E-state index in [0.717, 1.165) is 0 Å². The number of rotatable bonds is 1. The molecule has 7 heavy (non-hydrogen) atoms. The molecule has 0 aromatic heterocycles. The van der Waals surface area contributed by atoms with Crippen LogP contribution in [0.25, 0.3) is 0 Å². The second-order valence-electron chi connectivity index (χ2n) is 2.09. The number of carbonyl (C=O) groups excluding carboxylic acids is 1. The summed E-state index contributed by atoms with van der Waals surface area (Å²) >= 11 is 0. The van der Waals surface area contributed by atoms with E-state index in [1.807, 2.05) is 0 Å². The Kier molecular flexibility index (Phi) is 0.729. The lowest BCUT2D eigenvalue weighted by atomic mass is 10.2. The lowest BCUT2D eigenvalue weighted by Crippen LogP contribution is -2.17. The Morgan fingerprint density at radius 2 is 2.14 bits per heavy atom. The fourth-order valence-electron chi connectivity index (χ4n) is 0.470. The van der Waals surface area contributed by atoms with Gasteiger partial charge in [0.15, 0.2) is 5.78 Å². The van der Waals surface area contributed by atoms with Gasteiger partial charge in [0.05, 0.1) is 0 Å². The minimum absolute atomic E-state index is 0.0903. The zero-order valence-corrected chi connectivity index (χ0v) is 4.27. The molecule has 0 unspecified atom stereocenters. The first kappa shape index (κ1) is 4.78. The number of ketones is 1. The van der Waals surface area contributed by atoms with Crippen molar-refractivity contribution in [2.45, 2.75) is 25.4 Å². The van der Waals surface area contributed by atoms with Crippen molar-refractivity contribution in [3.05, 3.63) is 0 Å². The molecule has 1 saturated carbocycles. The maximum atomic E-state index is 10.3. The van der Waals surface area contributed by atoms with Crippen LogP contribution in [0.5, 0.6) is 0 Å². The topological polar surface area (TPSA) is 37.3 Å². The second-order valence-corrected chi connectivity index (χ2v) is 2.09. The maximum Gasteiger partial charge on any atom is 0.161 e. The first-order valence-electron chi connectivity index (χ1n) is 2.38. The highest BCUT2D eigenvalue weighted by molar-refractivity contribution is 5.87. The van der Waals surface area contributed by atoms with E-state index in [9.17, 15) is 4.79 Å². The molecule has 0 aromatic rings. The molecule has 40 valence electrons. The van der Waals surface area contributed by atoms with E-state index in [0.29, 0.717) is 12.8 Å². The number of hydrogen-bond acceptors (Lipinski definition) is 2. The molecule has 1 aliphatic carbocycles. The lowest BCUT2D eigenvalue weighted by molar-refractivity contribution is -0.126. The fraction of sp³-hybridized carbons (Fsp3) is 0.800. The van der Waals surface area contributed by atoms with E-state index in [-0.39, 0.29) is 5.78 Å². The third-order valence-corrected chi connectivity index (χ3v) is 1.38. The number of aliphatic hydroxyl groups is 1. The van der Waals surface area contributed by atoms with Crippen molar-refractivity contribution < 1.29 is 9.90 Å². The van der Waals surface area contributed by atoms with Crippen molar-refractivity contribution in [2.24, 2.45) is 0 Å². The van der Waals surface area contributed by atoms with Gasteiger partial charge in [0.1, 0.15) is 5.60 Å². The van der Waals surface area contributed by atoms with Crippen LogP contribution < -0.4 is 0 Å². The smallest absolute Gasteiger partial charge is 0.161 e. The van der Waals surface area contributed by atoms with Gasteiger partial charge in [-0.3, -0.25) is 4.79 Å².